The number of nitrogens with two attached hydrogens (primary N) is 1. The lowest BCUT2D eigenvalue weighted by Crippen LogP contribution is -2.67. The summed E-state index contributed by atoms with van der Waals surface area (Å²) in [6, 6.07) is 6.89. The van der Waals surface area contributed by atoms with E-state index < -0.39 is 0 Å². The van der Waals surface area contributed by atoms with Crippen molar-refractivity contribution in [3.8, 4) is 0 Å². The normalized spacial score (nSPS) is 26.2. The SMILES string of the molecule is C[C@H]1[C@H](N)C(=O)N1c1ccc(Cl)cc1. The Kier molecular flexibility index (Phi) is 2.21. The Morgan fingerprint density at radius 1 is 1.36 bits per heavy atom. The Hall–Kier alpha value is -1.06. The molecule has 2 atom stereocenters. The predicted octanol–water partition coefficient (Wildman–Crippen LogP) is 1.40. The summed E-state index contributed by atoms with van der Waals surface area (Å²) in [4.78, 5) is 13.1. The number of benzene rings is 1. The van der Waals surface area contributed by atoms with E-state index in [-0.39, 0.29) is 18.0 Å². The molecule has 74 valence electrons. The number of carbonyl (C=O) groups is 1. The number of rotatable bonds is 1. The van der Waals surface area contributed by atoms with E-state index in [1.54, 1.807) is 17.0 Å². The molecule has 4 heteroatoms. The average Bonchev–Trinajstić information content (AvgIpc) is 2.21. The van der Waals surface area contributed by atoms with E-state index >= 15 is 0 Å². The molecule has 0 unspecified atom stereocenters. The maximum Gasteiger partial charge on any atom is 0.246 e. The lowest BCUT2D eigenvalue weighted by atomic mass is 9.97. The molecule has 1 aromatic carbocycles. The van der Waals surface area contributed by atoms with Crippen molar-refractivity contribution in [2.24, 2.45) is 5.73 Å². The maximum atomic E-state index is 11.4. The maximum absolute atomic E-state index is 11.4. The fraction of sp³-hybridized carbons (Fsp3) is 0.300. The van der Waals surface area contributed by atoms with Crippen LogP contribution in [0, 0.1) is 0 Å². The molecule has 1 aromatic rings. The van der Waals surface area contributed by atoms with Crippen molar-refractivity contribution in [3.63, 3.8) is 0 Å². The van der Waals surface area contributed by atoms with E-state index in [0.717, 1.165) is 5.69 Å². The van der Waals surface area contributed by atoms with Crippen molar-refractivity contribution in [2.45, 2.75) is 19.0 Å². The molecule has 2 rings (SSSR count). The lowest BCUT2D eigenvalue weighted by molar-refractivity contribution is -0.125. The van der Waals surface area contributed by atoms with Gasteiger partial charge < -0.3 is 10.6 Å². The molecule has 2 N–H and O–H groups in total. The van der Waals surface area contributed by atoms with Crippen molar-refractivity contribution in [2.75, 3.05) is 4.90 Å². The van der Waals surface area contributed by atoms with E-state index in [1.807, 2.05) is 19.1 Å². The van der Waals surface area contributed by atoms with Crippen molar-refractivity contribution in [1.29, 1.82) is 0 Å². The van der Waals surface area contributed by atoms with Gasteiger partial charge in [0, 0.05) is 10.7 Å². The summed E-state index contributed by atoms with van der Waals surface area (Å²) in [5.74, 6) is -0.0279. The molecule has 1 heterocycles. The van der Waals surface area contributed by atoms with Crippen LogP contribution in [-0.4, -0.2) is 18.0 Å². The second-order valence-electron chi connectivity index (χ2n) is 3.45. The Labute approximate surface area is 87.4 Å². The van der Waals surface area contributed by atoms with Crippen LogP contribution >= 0.6 is 11.6 Å². The number of carbonyl (C=O) groups excluding carboxylic acids is 1. The summed E-state index contributed by atoms with van der Waals surface area (Å²) < 4.78 is 0. The van der Waals surface area contributed by atoms with Crippen LogP contribution < -0.4 is 10.6 Å². The van der Waals surface area contributed by atoms with Crippen LogP contribution in [0.2, 0.25) is 5.02 Å². The van der Waals surface area contributed by atoms with Crippen LogP contribution in [0.15, 0.2) is 24.3 Å². The molecule has 0 aromatic heterocycles. The van der Waals surface area contributed by atoms with E-state index in [9.17, 15) is 4.79 Å². The first-order valence-electron chi connectivity index (χ1n) is 4.45. The predicted molar refractivity (Wildman–Crippen MR) is 56.4 cm³/mol. The Bertz CT molecular complexity index is 363. The van der Waals surface area contributed by atoms with Gasteiger partial charge in [-0.1, -0.05) is 11.6 Å². The number of hydrogen-bond acceptors (Lipinski definition) is 2. The molecule has 0 bridgehead atoms. The standard InChI is InChI=1S/C10H11ClN2O/c1-6-9(12)10(14)13(6)8-4-2-7(11)3-5-8/h2-6,9H,12H2,1H3/t6-,9-/m0/s1. The van der Waals surface area contributed by atoms with Crippen LogP contribution in [-0.2, 0) is 4.79 Å². The molecular formula is C10H11ClN2O. The van der Waals surface area contributed by atoms with Gasteiger partial charge in [0.1, 0.15) is 6.04 Å². The summed E-state index contributed by atoms with van der Waals surface area (Å²) in [5.41, 5.74) is 6.46. The molecule has 1 aliphatic heterocycles. The molecule has 0 aliphatic carbocycles. The third kappa shape index (κ3) is 1.29. The Morgan fingerprint density at radius 3 is 2.43 bits per heavy atom. The van der Waals surface area contributed by atoms with Crippen molar-refractivity contribution in [3.05, 3.63) is 29.3 Å². The molecular weight excluding hydrogens is 200 g/mol. The zero-order valence-electron chi connectivity index (χ0n) is 7.77. The quantitative estimate of drug-likeness (QED) is 0.713. The number of nitrogens with zero attached hydrogens (tertiary/aromatic N) is 1. The third-order valence-corrected chi connectivity index (χ3v) is 2.81. The fourth-order valence-corrected chi connectivity index (χ4v) is 1.74. The van der Waals surface area contributed by atoms with Crippen LogP contribution in [0.5, 0.6) is 0 Å². The third-order valence-electron chi connectivity index (χ3n) is 2.55. The highest BCUT2D eigenvalue weighted by Gasteiger charge is 2.42. The van der Waals surface area contributed by atoms with Gasteiger partial charge in [-0.3, -0.25) is 4.79 Å². The second kappa shape index (κ2) is 3.26. The highest BCUT2D eigenvalue weighted by atomic mass is 35.5. The first-order chi connectivity index (χ1) is 6.61. The summed E-state index contributed by atoms with van der Waals surface area (Å²) in [6.45, 7) is 1.93. The largest absolute Gasteiger partial charge is 0.318 e. The Balaban J connectivity index is 2.25. The van der Waals surface area contributed by atoms with Crippen molar-refractivity contribution in [1.82, 2.24) is 0 Å². The first kappa shape index (κ1) is 9.49. The van der Waals surface area contributed by atoms with Crippen molar-refractivity contribution >= 4 is 23.2 Å². The van der Waals surface area contributed by atoms with Crippen LogP contribution in [0.3, 0.4) is 0 Å². The molecule has 0 saturated carbocycles. The molecule has 1 aliphatic rings. The molecule has 0 radical (unpaired) electrons. The summed E-state index contributed by atoms with van der Waals surface area (Å²) in [7, 11) is 0. The fourth-order valence-electron chi connectivity index (χ4n) is 1.61. The van der Waals surface area contributed by atoms with Gasteiger partial charge in [0.25, 0.3) is 0 Å². The number of anilines is 1. The summed E-state index contributed by atoms with van der Waals surface area (Å²) >= 11 is 5.75. The minimum absolute atomic E-state index is 0.0279. The van der Waals surface area contributed by atoms with Crippen LogP contribution in [0.4, 0.5) is 5.69 Å². The van der Waals surface area contributed by atoms with Gasteiger partial charge in [0.2, 0.25) is 5.91 Å². The minimum atomic E-state index is -0.356. The van der Waals surface area contributed by atoms with E-state index in [0.29, 0.717) is 5.02 Å². The molecule has 14 heavy (non-hydrogen) atoms. The topological polar surface area (TPSA) is 46.3 Å². The number of β-lactam (4-membered cyclic amide) rings is 1. The molecule has 1 fully saturated rings. The summed E-state index contributed by atoms with van der Waals surface area (Å²) in [6.07, 6.45) is 0. The first-order valence-corrected chi connectivity index (χ1v) is 4.83. The number of hydrogen-bond donors (Lipinski definition) is 1. The highest BCUT2D eigenvalue weighted by molar-refractivity contribution is 6.30. The van der Waals surface area contributed by atoms with Crippen LogP contribution in [0.1, 0.15) is 6.92 Å². The van der Waals surface area contributed by atoms with Gasteiger partial charge in [0.05, 0.1) is 6.04 Å². The number of amides is 1. The van der Waals surface area contributed by atoms with Gasteiger partial charge in [-0.25, -0.2) is 0 Å². The van der Waals surface area contributed by atoms with Crippen molar-refractivity contribution < 1.29 is 4.79 Å². The molecule has 3 nitrogen and oxygen atoms in total. The molecule has 1 saturated heterocycles. The second-order valence-corrected chi connectivity index (χ2v) is 3.89. The van der Waals surface area contributed by atoms with Crippen LogP contribution in [0.25, 0.3) is 0 Å². The van der Waals surface area contributed by atoms with Gasteiger partial charge in [-0.15, -0.1) is 0 Å². The molecule has 0 spiro atoms. The lowest BCUT2D eigenvalue weighted by Gasteiger charge is -2.43. The van der Waals surface area contributed by atoms with Gasteiger partial charge in [-0.05, 0) is 31.2 Å². The number of halogens is 1. The zero-order chi connectivity index (χ0) is 10.3. The van der Waals surface area contributed by atoms with Gasteiger partial charge in [0.15, 0.2) is 0 Å². The molecule has 1 amide bonds. The van der Waals surface area contributed by atoms with Gasteiger partial charge in [-0.2, -0.15) is 0 Å². The summed E-state index contributed by atoms with van der Waals surface area (Å²) in [5, 5.41) is 0.665. The minimum Gasteiger partial charge on any atom is -0.318 e. The van der Waals surface area contributed by atoms with Gasteiger partial charge >= 0.3 is 0 Å². The highest BCUT2D eigenvalue weighted by Crippen LogP contribution is 2.27. The Morgan fingerprint density at radius 2 is 1.93 bits per heavy atom. The smallest absolute Gasteiger partial charge is 0.246 e. The van der Waals surface area contributed by atoms with E-state index in [1.165, 1.54) is 0 Å². The average molecular weight is 211 g/mol. The zero-order valence-corrected chi connectivity index (χ0v) is 8.53. The monoisotopic (exact) mass is 210 g/mol. The van der Waals surface area contributed by atoms with E-state index in [2.05, 4.69) is 0 Å². The van der Waals surface area contributed by atoms with E-state index in [4.69, 9.17) is 17.3 Å².